The second-order valence-electron chi connectivity index (χ2n) is 7.92. The molecule has 0 saturated heterocycles. The van der Waals surface area contributed by atoms with Crippen molar-refractivity contribution in [2.75, 3.05) is 33.5 Å². The van der Waals surface area contributed by atoms with Crippen LogP contribution in [0.4, 0.5) is 0 Å². The minimum absolute atomic E-state index is 0.172. The van der Waals surface area contributed by atoms with Crippen LogP contribution in [-0.2, 0) is 29.1 Å². The maximum Gasteiger partial charge on any atom is 0.340 e. The average molecular weight is 411 g/mol. The lowest BCUT2D eigenvalue weighted by atomic mass is 9.85. The molecular weight excluding hydrogens is 376 g/mol. The third kappa shape index (κ3) is 9.39. The van der Waals surface area contributed by atoms with E-state index in [1.165, 1.54) is 13.2 Å². The molecule has 1 aromatic rings. The van der Waals surface area contributed by atoms with Crippen molar-refractivity contribution >= 4 is 11.9 Å². The van der Waals surface area contributed by atoms with E-state index in [9.17, 15) is 9.59 Å². The van der Waals surface area contributed by atoms with Crippen molar-refractivity contribution in [1.82, 2.24) is 0 Å². The van der Waals surface area contributed by atoms with E-state index in [0.717, 1.165) is 5.56 Å². The van der Waals surface area contributed by atoms with Crippen LogP contribution in [0.15, 0.2) is 18.2 Å². The summed E-state index contributed by atoms with van der Waals surface area (Å²) in [6.07, 6.45) is -0.580. The number of benzene rings is 1. The third-order valence-electron chi connectivity index (χ3n) is 3.99. The molecule has 0 fully saturated rings. The molecule has 1 atom stereocenters. The van der Waals surface area contributed by atoms with Gasteiger partial charge in [-0.2, -0.15) is 0 Å². The number of esters is 2. The minimum atomic E-state index is -0.752. The molecule has 0 aliphatic heterocycles. The van der Waals surface area contributed by atoms with Crippen molar-refractivity contribution in [3.8, 4) is 0 Å². The summed E-state index contributed by atoms with van der Waals surface area (Å²) in [4.78, 5) is 24.5. The lowest BCUT2D eigenvalue weighted by Gasteiger charge is -2.21. The molecule has 7 nitrogen and oxygen atoms in total. The first-order valence-electron chi connectivity index (χ1n) is 9.80. The molecule has 0 N–H and O–H groups in total. The summed E-state index contributed by atoms with van der Waals surface area (Å²) >= 11 is 0. The maximum atomic E-state index is 12.5. The van der Waals surface area contributed by atoms with Crippen molar-refractivity contribution in [2.45, 2.75) is 59.4 Å². The molecule has 164 valence electrons. The average Bonchev–Trinajstić information content (AvgIpc) is 2.65. The Bertz CT molecular complexity index is 662. The highest BCUT2D eigenvalue weighted by Crippen LogP contribution is 2.25. The fraction of sp³-hybridized carbons (Fsp3) is 0.636. The number of rotatable bonds is 11. The standard InChI is InChI=1S/C22H34O7/c1-15(2)27-10-8-26-9-11-28-16(3)29-21(24)18-12-17(20(23)25-7)13-19(14-18)22(4,5)6/h12-16H,8-11H2,1-7H3. The van der Waals surface area contributed by atoms with Gasteiger partial charge in [-0.15, -0.1) is 0 Å². The van der Waals surface area contributed by atoms with Gasteiger partial charge in [0.1, 0.15) is 0 Å². The van der Waals surface area contributed by atoms with E-state index < -0.39 is 18.2 Å². The molecule has 1 rings (SSSR count). The van der Waals surface area contributed by atoms with Crippen LogP contribution in [0.1, 0.15) is 67.8 Å². The summed E-state index contributed by atoms with van der Waals surface area (Å²) in [6, 6.07) is 4.91. The zero-order valence-electron chi connectivity index (χ0n) is 18.6. The van der Waals surface area contributed by atoms with Crippen LogP contribution in [0.25, 0.3) is 0 Å². The number of carbonyl (C=O) groups is 2. The van der Waals surface area contributed by atoms with E-state index in [1.807, 2.05) is 34.6 Å². The summed E-state index contributed by atoms with van der Waals surface area (Å²) in [5.41, 5.74) is 1.16. The molecular formula is C22H34O7. The zero-order valence-corrected chi connectivity index (χ0v) is 18.6. The predicted molar refractivity (Wildman–Crippen MR) is 109 cm³/mol. The Morgan fingerprint density at radius 2 is 1.41 bits per heavy atom. The predicted octanol–water partition coefficient (Wildman–Crippen LogP) is 3.73. The van der Waals surface area contributed by atoms with E-state index in [2.05, 4.69) is 0 Å². The van der Waals surface area contributed by atoms with Gasteiger partial charge in [-0.1, -0.05) is 20.8 Å². The van der Waals surface area contributed by atoms with Crippen LogP contribution in [0, 0.1) is 0 Å². The number of carbonyl (C=O) groups excluding carboxylic acids is 2. The summed E-state index contributed by atoms with van der Waals surface area (Å²) in [5, 5.41) is 0. The molecule has 0 spiro atoms. The number of methoxy groups -OCH3 is 1. The first-order chi connectivity index (χ1) is 13.5. The van der Waals surface area contributed by atoms with Gasteiger partial charge >= 0.3 is 11.9 Å². The van der Waals surface area contributed by atoms with E-state index in [0.29, 0.717) is 25.4 Å². The van der Waals surface area contributed by atoms with Crippen molar-refractivity contribution in [2.24, 2.45) is 0 Å². The fourth-order valence-electron chi connectivity index (χ4n) is 2.38. The molecule has 7 heteroatoms. The molecule has 0 heterocycles. The van der Waals surface area contributed by atoms with Crippen LogP contribution in [-0.4, -0.2) is 57.9 Å². The summed E-state index contributed by atoms with van der Waals surface area (Å²) in [5.74, 6) is -1.08. The van der Waals surface area contributed by atoms with Gasteiger partial charge < -0.3 is 23.7 Å². The van der Waals surface area contributed by atoms with Gasteiger partial charge in [0.25, 0.3) is 0 Å². The van der Waals surface area contributed by atoms with Gasteiger partial charge in [-0.05, 0) is 49.9 Å². The Kier molecular flexibility index (Phi) is 10.3. The third-order valence-corrected chi connectivity index (χ3v) is 3.99. The van der Waals surface area contributed by atoms with E-state index in [-0.39, 0.29) is 23.7 Å². The van der Waals surface area contributed by atoms with Gasteiger partial charge in [0, 0.05) is 0 Å². The van der Waals surface area contributed by atoms with Crippen molar-refractivity contribution < 1.29 is 33.3 Å². The molecule has 0 aliphatic carbocycles. The smallest absolute Gasteiger partial charge is 0.340 e. The summed E-state index contributed by atoms with van der Waals surface area (Å²) in [7, 11) is 1.30. The molecule has 1 aromatic carbocycles. The highest BCUT2D eigenvalue weighted by atomic mass is 16.7. The highest BCUT2D eigenvalue weighted by Gasteiger charge is 2.21. The number of hydrogen-bond donors (Lipinski definition) is 0. The maximum absolute atomic E-state index is 12.5. The fourth-order valence-corrected chi connectivity index (χ4v) is 2.38. The molecule has 0 aliphatic rings. The molecule has 0 bridgehead atoms. The zero-order chi connectivity index (χ0) is 22.0. The summed E-state index contributed by atoms with van der Waals surface area (Å²) < 4.78 is 26.3. The Morgan fingerprint density at radius 1 is 0.862 bits per heavy atom. The first-order valence-corrected chi connectivity index (χ1v) is 9.80. The van der Waals surface area contributed by atoms with E-state index in [1.54, 1.807) is 19.1 Å². The highest BCUT2D eigenvalue weighted by molar-refractivity contribution is 5.95. The lowest BCUT2D eigenvalue weighted by Crippen LogP contribution is -2.22. The Hall–Kier alpha value is -1.96. The van der Waals surface area contributed by atoms with Crippen LogP contribution in [0.2, 0.25) is 0 Å². The van der Waals surface area contributed by atoms with E-state index in [4.69, 9.17) is 23.7 Å². The van der Waals surface area contributed by atoms with Gasteiger partial charge in [-0.25, -0.2) is 9.59 Å². The Morgan fingerprint density at radius 3 is 1.93 bits per heavy atom. The second kappa shape index (κ2) is 11.9. The quantitative estimate of drug-likeness (QED) is 0.312. The van der Waals surface area contributed by atoms with Gasteiger partial charge in [-0.3, -0.25) is 0 Å². The van der Waals surface area contributed by atoms with Crippen LogP contribution >= 0.6 is 0 Å². The Labute approximate surface area is 173 Å². The Balaban J connectivity index is 2.61. The molecule has 0 amide bonds. The number of hydrogen-bond acceptors (Lipinski definition) is 7. The van der Waals surface area contributed by atoms with Gasteiger partial charge in [0.2, 0.25) is 6.29 Å². The van der Waals surface area contributed by atoms with Crippen molar-refractivity contribution in [3.63, 3.8) is 0 Å². The normalized spacial score (nSPS) is 12.7. The number of ether oxygens (including phenoxy) is 5. The van der Waals surface area contributed by atoms with Crippen LogP contribution in [0.5, 0.6) is 0 Å². The minimum Gasteiger partial charge on any atom is -0.465 e. The second-order valence-corrected chi connectivity index (χ2v) is 7.92. The molecule has 29 heavy (non-hydrogen) atoms. The largest absolute Gasteiger partial charge is 0.465 e. The van der Waals surface area contributed by atoms with Crippen LogP contribution < -0.4 is 0 Å². The van der Waals surface area contributed by atoms with Crippen LogP contribution in [0.3, 0.4) is 0 Å². The monoisotopic (exact) mass is 410 g/mol. The van der Waals surface area contributed by atoms with Crippen molar-refractivity contribution in [3.05, 3.63) is 34.9 Å². The molecule has 0 radical (unpaired) electrons. The molecule has 0 aromatic heterocycles. The first kappa shape index (κ1) is 25.1. The van der Waals surface area contributed by atoms with Crippen molar-refractivity contribution in [1.29, 1.82) is 0 Å². The summed E-state index contributed by atoms with van der Waals surface area (Å²) in [6.45, 7) is 13.2. The van der Waals surface area contributed by atoms with Gasteiger partial charge in [0.15, 0.2) is 0 Å². The van der Waals surface area contributed by atoms with Gasteiger partial charge in [0.05, 0.1) is 50.8 Å². The topological polar surface area (TPSA) is 80.3 Å². The lowest BCUT2D eigenvalue weighted by molar-refractivity contribution is -0.111. The molecule has 1 unspecified atom stereocenters. The van der Waals surface area contributed by atoms with E-state index >= 15 is 0 Å². The molecule has 0 saturated carbocycles. The SMILES string of the molecule is COC(=O)c1cc(C(=O)OC(C)OCCOCCOC(C)C)cc(C(C)(C)C)c1.